The molecule has 0 fully saturated rings. The second kappa shape index (κ2) is 8.73. The van der Waals surface area contributed by atoms with Crippen LogP contribution in [0.15, 0.2) is 120 Å². The molecule has 0 spiro atoms. The number of rotatable bonds is 6. The molecule has 0 bridgehead atoms. The van der Waals surface area contributed by atoms with Gasteiger partial charge >= 0.3 is 0 Å². The molecule has 0 saturated heterocycles. The van der Waals surface area contributed by atoms with Crippen molar-refractivity contribution in [3.8, 4) is 0 Å². The Morgan fingerprint density at radius 2 is 0.933 bits per heavy atom. The SMILES string of the molecule is O=S(=O)(Cl)c1ccc(C[P+](c2ccccc2)(c2ccccc2)c2ccccc2)cc1. The molecule has 0 unspecified atom stereocenters. The molecule has 4 aromatic carbocycles. The Hall–Kier alpha value is -2.45. The maximum Gasteiger partial charge on any atom is 0.261 e. The van der Waals surface area contributed by atoms with E-state index < -0.39 is 16.3 Å². The average Bonchev–Trinajstić information content (AvgIpc) is 2.79. The largest absolute Gasteiger partial charge is 0.261 e. The highest BCUT2D eigenvalue weighted by Crippen LogP contribution is 2.58. The average molecular weight is 452 g/mol. The molecule has 4 aromatic rings. The van der Waals surface area contributed by atoms with Crippen molar-refractivity contribution < 1.29 is 8.42 Å². The van der Waals surface area contributed by atoms with Gasteiger partial charge in [-0.15, -0.1) is 0 Å². The maximum absolute atomic E-state index is 11.7. The maximum atomic E-state index is 11.7. The molecule has 0 aliphatic heterocycles. The molecule has 30 heavy (non-hydrogen) atoms. The van der Waals surface area contributed by atoms with E-state index in [1.165, 1.54) is 15.9 Å². The van der Waals surface area contributed by atoms with Crippen LogP contribution >= 0.6 is 17.9 Å². The first-order valence-corrected chi connectivity index (χ1v) is 13.9. The van der Waals surface area contributed by atoms with E-state index in [-0.39, 0.29) is 4.90 Å². The first-order chi connectivity index (χ1) is 14.5. The second-order valence-corrected chi connectivity index (χ2v) is 13.1. The summed E-state index contributed by atoms with van der Waals surface area (Å²) in [5.74, 6) is 0. The van der Waals surface area contributed by atoms with Crippen molar-refractivity contribution in [1.29, 1.82) is 0 Å². The summed E-state index contributed by atoms with van der Waals surface area (Å²) in [6, 6.07) is 38.7. The third kappa shape index (κ3) is 4.20. The summed E-state index contributed by atoms with van der Waals surface area (Å²) in [6.07, 6.45) is 0.785. The first kappa shape index (κ1) is 20.8. The summed E-state index contributed by atoms with van der Waals surface area (Å²) >= 11 is 0. The van der Waals surface area contributed by atoms with Crippen LogP contribution in [0.25, 0.3) is 0 Å². The van der Waals surface area contributed by atoms with E-state index in [0.29, 0.717) is 0 Å². The van der Waals surface area contributed by atoms with E-state index in [2.05, 4.69) is 72.8 Å². The Kier molecular flexibility index (Phi) is 6.06. The van der Waals surface area contributed by atoms with Crippen molar-refractivity contribution >= 4 is 42.9 Å². The van der Waals surface area contributed by atoms with Crippen molar-refractivity contribution in [1.82, 2.24) is 0 Å². The third-order valence-electron chi connectivity index (χ3n) is 5.22. The predicted molar refractivity (Wildman–Crippen MR) is 128 cm³/mol. The fourth-order valence-electron chi connectivity index (χ4n) is 3.80. The minimum absolute atomic E-state index is 0.121. The van der Waals surface area contributed by atoms with E-state index in [0.717, 1.165) is 11.7 Å². The summed E-state index contributed by atoms with van der Waals surface area (Å²) in [5, 5.41) is 3.87. The minimum atomic E-state index is -3.74. The van der Waals surface area contributed by atoms with Gasteiger partial charge in [0.15, 0.2) is 0 Å². The van der Waals surface area contributed by atoms with Gasteiger partial charge in [-0.05, 0) is 54.1 Å². The van der Waals surface area contributed by atoms with Gasteiger partial charge in [-0.3, -0.25) is 0 Å². The van der Waals surface area contributed by atoms with Crippen LogP contribution in [-0.2, 0) is 15.2 Å². The standard InChI is InChI=1S/C25H21ClO2PS/c26-30(27,28)25-18-16-21(17-19-25)20-29(22-10-4-1-5-11-22,23-12-6-2-7-13-23)24-14-8-3-9-15-24/h1-19H,20H2/q+1. The van der Waals surface area contributed by atoms with Crippen LogP contribution in [0, 0.1) is 0 Å². The van der Waals surface area contributed by atoms with Gasteiger partial charge < -0.3 is 0 Å². The topological polar surface area (TPSA) is 34.1 Å². The summed E-state index contributed by atoms with van der Waals surface area (Å²) < 4.78 is 23.3. The minimum Gasteiger partial charge on any atom is -0.207 e. The van der Waals surface area contributed by atoms with Crippen LogP contribution in [0.5, 0.6) is 0 Å². The van der Waals surface area contributed by atoms with Crippen LogP contribution in [0.2, 0.25) is 0 Å². The molecular weight excluding hydrogens is 431 g/mol. The fourth-order valence-corrected chi connectivity index (χ4v) is 8.81. The van der Waals surface area contributed by atoms with Crippen molar-refractivity contribution in [2.24, 2.45) is 0 Å². The summed E-state index contributed by atoms with van der Waals surface area (Å²) in [7, 11) is -0.241. The van der Waals surface area contributed by atoms with E-state index in [1.54, 1.807) is 12.1 Å². The highest BCUT2D eigenvalue weighted by Gasteiger charge is 2.45. The van der Waals surface area contributed by atoms with Crippen molar-refractivity contribution in [3.63, 3.8) is 0 Å². The van der Waals surface area contributed by atoms with Crippen molar-refractivity contribution in [2.45, 2.75) is 11.1 Å². The van der Waals surface area contributed by atoms with Gasteiger partial charge in [0.1, 0.15) is 23.2 Å². The van der Waals surface area contributed by atoms with Gasteiger partial charge in [-0.2, -0.15) is 0 Å². The lowest BCUT2D eigenvalue weighted by atomic mass is 10.2. The van der Waals surface area contributed by atoms with Crippen LogP contribution in [-0.4, -0.2) is 8.42 Å². The van der Waals surface area contributed by atoms with Crippen LogP contribution in [0.1, 0.15) is 5.56 Å². The molecule has 0 aliphatic rings. The van der Waals surface area contributed by atoms with Gasteiger partial charge in [-0.25, -0.2) is 8.42 Å². The summed E-state index contributed by atoms with van der Waals surface area (Å²) in [6.45, 7) is 0. The Morgan fingerprint density at radius 3 is 1.27 bits per heavy atom. The van der Waals surface area contributed by atoms with Crippen LogP contribution in [0.4, 0.5) is 0 Å². The Bertz CT molecular complexity index is 1110. The smallest absolute Gasteiger partial charge is 0.207 e. The molecule has 0 radical (unpaired) electrons. The zero-order valence-electron chi connectivity index (χ0n) is 16.2. The zero-order chi connectivity index (χ0) is 21.0. The highest BCUT2D eigenvalue weighted by atomic mass is 35.7. The fraction of sp³-hybridized carbons (Fsp3) is 0.0400. The Morgan fingerprint density at radius 1 is 0.567 bits per heavy atom. The van der Waals surface area contributed by atoms with Crippen LogP contribution in [0.3, 0.4) is 0 Å². The molecule has 0 aromatic heterocycles. The molecule has 0 amide bonds. The normalized spacial score (nSPS) is 11.9. The van der Waals surface area contributed by atoms with E-state index in [9.17, 15) is 8.42 Å². The van der Waals surface area contributed by atoms with Crippen molar-refractivity contribution in [3.05, 3.63) is 121 Å². The lowest BCUT2D eigenvalue weighted by Gasteiger charge is -2.27. The number of hydrogen-bond acceptors (Lipinski definition) is 2. The first-order valence-electron chi connectivity index (χ1n) is 9.59. The molecule has 0 atom stereocenters. The molecule has 150 valence electrons. The number of hydrogen-bond donors (Lipinski definition) is 0. The highest BCUT2D eigenvalue weighted by molar-refractivity contribution is 8.13. The number of benzene rings is 4. The summed E-state index contributed by atoms with van der Waals surface area (Å²) in [4.78, 5) is 0.121. The van der Waals surface area contributed by atoms with Crippen LogP contribution < -0.4 is 15.9 Å². The molecule has 0 heterocycles. The predicted octanol–water partition coefficient (Wildman–Crippen LogP) is 5.11. The monoisotopic (exact) mass is 451 g/mol. The van der Waals surface area contributed by atoms with Gasteiger partial charge in [0.05, 0.1) is 11.1 Å². The lowest BCUT2D eigenvalue weighted by molar-refractivity contribution is 0.609. The van der Waals surface area contributed by atoms with E-state index >= 15 is 0 Å². The Labute approximate surface area is 182 Å². The molecule has 0 saturated carbocycles. The van der Waals surface area contributed by atoms with Crippen molar-refractivity contribution in [2.75, 3.05) is 0 Å². The summed E-state index contributed by atoms with van der Waals surface area (Å²) in [5.41, 5.74) is 1.07. The molecule has 0 aliphatic carbocycles. The molecular formula is C25H21ClO2PS+. The second-order valence-electron chi connectivity index (χ2n) is 7.06. The van der Waals surface area contributed by atoms with Gasteiger partial charge in [0.2, 0.25) is 0 Å². The van der Waals surface area contributed by atoms with Gasteiger partial charge in [0.25, 0.3) is 9.05 Å². The third-order valence-corrected chi connectivity index (χ3v) is 11.0. The van der Waals surface area contributed by atoms with Gasteiger partial charge in [-0.1, -0.05) is 66.7 Å². The van der Waals surface area contributed by atoms with E-state index in [4.69, 9.17) is 10.7 Å². The molecule has 2 nitrogen and oxygen atoms in total. The zero-order valence-corrected chi connectivity index (χ0v) is 18.7. The van der Waals surface area contributed by atoms with Gasteiger partial charge in [0, 0.05) is 10.7 Å². The Balaban J connectivity index is 1.93. The van der Waals surface area contributed by atoms with E-state index in [1.807, 2.05) is 30.3 Å². The molecule has 0 N–H and O–H groups in total. The number of halogens is 1. The molecule has 4 rings (SSSR count). The molecule has 5 heteroatoms. The lowest BCUT2D eigenvalue weighted by Crippen LogP contribution is -2.32. The quantitative estimate of drug-likeness (QED) is 0.301.